The predicted molar refractivity (Wildman–Crippen MR) is 65.6 cm³/mol. The van der Waals surface area contributed by atoms with Crippen molar-refractivity contribution in [2.75, 3.05) is 27.2 Å². The first-order chi connectivity index (χ1) is 7.99. The van der Waals surface area contributed by atoms with Gasteiger partial charge in [-0.1, -0.05) is 6.92 Å². The number of quaternary nitrogens is 1. The summed E-state index contributed by atoms with van der Waals surface area (Å²) >= 11 is 0. The summed E-state index contributed by atoms with van der Waals surface area (Å²) in [5.41, 5.74) is 0.496. The lowest BCUT2D eigenvalue weighted by Gasteiger charge is -2.15. The maximum Gasteiger partial charge on any atom is 0.251 e. The molecule has 0 radical (unpaired) electrons. The zero-order valence-corrected chi connectivity index (χ0v) is 10.6. The first-order valence-corrected chi connectivity index (χ1v) is 5.82. The van der Waals surface area contributed by atoms with Crippen LogP contribution < -0.4 is 10.2 Å². The fourth-order valence-corrected chi connectivity index (χ4v) is 1.74. The summed E-state index contributed by atoms with van der Waals surface area (Å²) < 4.78 is 12.7. The Morgan fingerprint density at radius 3 is 2.47 bits per heavy atom. The van der Waals surface area contributed by atoms with Crippen molar-refractivity contribution in [1.82, 2.24) is 5.32 Å². The second-order valence-corrected chi connectivity index (χ2v) is 4.73. The predicted octanol–water partition coefficient (Wildman–Crippen LogP) is 0.336. The third-order valence-electron chi connectivity index (χ3n) is 2.47. The first kappa shape index (κ1) is 13.6. The van der Waals surface area contributed by atoms with E-state index in [9.17, 15) is 9.18 Å². The summed E-state index contributed by atoms with van der Waals surface area (Å²) in [4.78, 5) is 13.1. The topological polar surface area (TPSA) is 33.5 Å². The Morgan fingerprint density at radius 2 is 1.94 bits per heavy atom. The van der Waals surface area contributed by atoms with Crippen molar-refractivity contribution in [3.05, 3.63) is 35.6 Å². The van der Waals surface area contributed by atoms with Gasteiger partial charge in [0.05, 0.1) is 20.6 Å². The molecule has 94 valence electrons. The van der Waals surface area contributed by atoms with Crippen molar-refractivity contribution >= 4 is 5.91 Å². The summed E-state index contributed by atoms with van der Waals surface area (Å²) in [6, 6.07) is 5.57. The molecule has 0 aliphatic heterocycles. The minimum atomic E-state index is -0.328. The number of halogens is 1. The van der Waals surface area contributed by atoms with Gasteiger partial charge in [-0.2, -0.15) is 0 Å². The number of amides is 1. The summed E-state index contributed by atoms with van der Waals surface area (Å²) in [7, 11) is 4.16. The minimum absolute atomic E-state index is 0.148. The molecule has 1 aromatic rings. The molecule has 0 aliphatic carbocycles. The van der Waals surface area contributed by atoms with Crippen LogP contribution in [0, 0.1) is 11.7 Å². The van der Waals surface area contributed by atoms with Crippen LogP contribution in [-0.2, 0) is 0 Å². The van der Waals surface area contributed by atoms with Crippen molar-refractivity contribution in [1.29, 1.82) is 0 Å². The molecule has 17 heavy (non-hydrogen) atoms. The molecule has 0 bridgehead atoms. The molecule has 0 aromatic heterocycles. The molecule has 2 N–H and O–H groups in total. The summed E-state index contributed by atoms with van der Waals surface area (Å²) in [5.74, 6) is -0.0545. The average molecular weight is 239 g/mol. The molecule has 0 unspecified atom stereocenters. The molecule has 3 nitrogen and oxygen atoms in total. The van der Waals surface area contributed by atoms with Gasteiger partial charge < -0.3 is 10.2 Å². The van der Waals surface area contributed by atoms with Gasteiger partial charge in [0.1, 0.15) is 5.82 Å². The molecule has 0 aliphatic rings. The Kier molecular flexibility index (Phi) is 5.10. The van der Waals surface area contributed by atoms with Crippen LogP contribution in [0.2, 0.25) is 0 Å². The van der Waals surface area contributed by atoms with Gasteiger partial charge >= 0.3 is 0 Å². The number of benzene rings is 1. The lowest BCUT2D eigenvalue weighted by atomic mass is 10.1. The van der Waals surface area contributed by atoms with Gasteiger partial charge in [0.25, 0.3) is 5.91 Å². The zero-order valence-electron chi connectivity index (χ0n) is 10.6. The number of hydrogen-bond donors (Lipinski definition) is 2. The lowest BCUT2D eigenvalue weighted by molar-refractivity contribution is -0.861. The van der Waals surface area contributed by atoms with Crippen molar-refractivity contribution in [2.24, 2.45) is 5.92 Å². The quantitative estimate of drug-likeness (QED) is 0.763. The standard InChI is InChI=1S/C13H19FN2O/c1-10(9-16(2)3)8-15-13(17)11-4-6-12(14)7-5-11/h4-7,10H,8-9H2,1-3H3,(H,15,17)/p+1/t10-/m1/s1. The van der Waals surface area contributed by atoms with E-state index >= 15 is 0 Å². The van der Waals surface area contributed by atoms with Crippen molar-refractivity contribution in [3.8, 4) is 0 Å². The van der Waals surface area contributed by atoms with E-state index in [0.717, 1.165) is 6.54 Å². The van der Waals surface area contributed by atoms with Gasteiger partial charge in [0, 0.05) is 18.0 Å². The van der Waals surface area contributed by atoms with Crippen LogP contribution in [-0.4, -0.2) is 33.1 Å². The largest absolute Gasteiger partial charge is 0.352 e. The maximum atomic E-state index is 12.7. The Balaban J connectivity index is 2.42. The highest BCUT2D eigenvalue weighted by Crippen LogP contribution is 2.02. The molecule has 0 spiro atoms. The molecule has 1 atom stereocenters. The maximum absolute atomic E-state index is 12.7. The highest BCUT2D eigenvalue weighted by atomic mass is 19.1. The molecule has 0 saturated carbocycles. The molecular formula is C13H20FN2O+. The molecule has 1 aromatic carbocycles. The van der Waals surface area contributed by atoms with E-state index in [4.69, 9.17) is 0 Å². The average Bonchev–Trinajstić information content (AvgIpc) is 2.26. The normalized spacial score (nSPS) is 12.5. The Morgan fingerprint density at radius 1 is 1.35 bits per heavy atom. The fourth-order valence-electron chi connectivity index (χ4n) is 1.74. The SMILES string of the molecule is C[C@H](CNC(=O)c1ccc(F)cc1)C[NH+](C)C. The van der Waals surface area contributed by atoms with E-state index in [2.05, 4.69) is 26.3 Å². The smallest absolute Gasteiger partial charge is 0.251 e. The van der Waals surface area contributed by atoms with E-state index in [-0.39, 0.29) is 11.7 Å². The van der Waals surface area contributed by atoms with Crippen LogP contribution in [0.5, 0.6) is 0 Å². The highest BCUT2D eigenvalue weighted by Gasteiger charge is 2.09. The second kappa shape index (κ2) is 6.35. The molecule has 0 saturated heterocycles. The molecule has 0 fully saturated rings. The van der Waals surface area contributed by atoms with E-state index in [1.807, 2.05) is 0 Å². The number of hydrogen-bond acceptors (Lipinski definition) is 1. The van der Waals surface area contributed by atoms with E-state index < -0.39 is 0 Å². The number of carbonyl (C=O) groups excluding carboxylic acids is 1. The monoisotopic (exact) mass is 239 g/mol. The third-order valence-corrected chi connectivity index (χ3v) is 2.47. The Hall–Kier alpha value is -1.42. The van der Waals surface area contributed by atoms with Crippen molar-refractivity contribution < 1.29 is 14.1 Å². The van der Waals surface area contributed by atoms with Crippen LogP contribution in [0.4, 0.5) is 4.39 Å². The third kappa shape index (κ3) is 4.95. The van der Waals surface area contributed by atoms with Gasteiger partial charge in [0.2, 0.25) is 0 Å². The van der Waals surface area contributed by atoms with Gasteiger partial charge in [0.15, 0.2) is 0 Å². The second-order valence-electron chi connectivity index (χ2n) is 4.73. The molecular weight excluding hydrogens is 219 g/mol. The first-order valence-electron chi connectivity index (χ1n) is 5.82. The number of nitrogens with one attached hydrogen (secondary N) is 2. The van der Waals surface area contributed by atoms with E-state index in [1.165, 1.54) is 29.2 Å². The van der Waals surface area contributed by atoms with Gasteiger partial charge in [-0.25, -0.2) is 4.39 Å². The summed E-state index contributed by atoms with van der Waals surface area (Å²) in [6.45, 7) is 3.74. The van der Waals surface area contributed by atoms with E-state index in [0.29, 0.717) is 18.0 Å². The van der Waals surface area contributed by atoms with Crippen LogP contribution in [0.15, 0.2) is 24.3 Å². The molecule has 1 rings (SSSR count). The molecule has 4 heteroatoms. The Labute approximate surface area is 102 Å². The van der Waals surface area contributed by atoms with Crippen LogP contribution in [0.1, 0.15) is 17.3 Å². The summed E-state index contributed by atoms with van der Waals surface area (Å²) in [6.07, 6.45) is 0. The molecule has 0 heterocycles. The van der Waals surface area contributed by atoms with Crippen molar-refractivity contribution in [2.45, 2.75) is 6.92 Å². The van der Waals surface area contributed by atoms with Crippen LogP contribution in [0.3, 0.4) is 0 Å². The van der Waals surface area contributed by atoms with Crippen LogP contribution in [0.25, 0.3) is 0 Å². The van der Waals surface area contributed by atoms with E-state index in [1.54, 1.807) is 0 Å². The summed E-state index contributed by atoms with van der Waals surface area (Å²) in [5, 5.41) is 2.85. The van der Waals surface area contributed by atoms with Gasteiger partial charge in [-0.05, 0) is 24.3 Å². The number of carbonyl (C=O) groups is 1. The Bertz CT molecular complexity index is 362. The lowest BCUT2D eigenvalue weighted by Crippen LogP contribution is -3.06. The van der Waals surface area contributed by atoms with Gasteiger partial charge in [-0.15, -0.1) is 0 Å². The number of rotatable bonds is 5. The highest BCUT2D eigenvalue weighted by molar-refractivity contribution is 5.94. The van der Waals surface area contributed by atoms with Gasteiger partial charge in [-0.3, -0.25) is 4.79 Å². The molecule has 1 amide bonds. The van der Waals surface area contributed by atoms with Crippen molar-refractivity contribution in [3.63, 3.8) is 0 Å². The zero-order chi connectivity index (χ0) is 12.8. The minimum Gasteiger partial charge on any atom is -0.352 e. The fraction of sp³-hybridized carbons (Fsp3) is 0.462. The van der Waals surface area contributed by atoms with Crippen LogP contribution >= 0.6 is 0 Å².